The average molecular weight is 195 g/mol. The number of hydrogen-bond acceptors (Lipinski definition) is 3. The fraction of sp³-hybridized carbons (Fsp3) is 0.833. The quantitative estimate of drug-likeness (QED) is 0.507. The maximum absolute atomic E-state index is 10.9. The SMILES string of the molecule is CCCCOP(=O)(O)NC(C)=O. The summed E-state index contributed by atoms with van der Waals surface area (Å²) in [6.45, 7) is 3.28. The summed E-state index contributed by atoms with van der Waals surface area (Å²) in [5, 5.41) is 1.83. The lowest BCUT2D eigenvalue weighted by Gasteiger charge is -2.10. The van der Waals surface area contributed by atoms with Crippen LogP contribution in [-0.4, -0.2) is 17.4 Å². The predicted octanol–water partition coefficient (Wildman–Crippen LogP) is 1.04. The molecular formula is C6H14NO4P. The molecule has 0 aliphatic carbocycles. The molecule has 0 aliphatic heterocycles. The van der Waals surface area contributed by atoms with Gasteiger partial charge in [-0.2, -0.15) is 0 Å². The number of nitrogens with one attached hydrogen (secondary N) is 1. The van der Waals surface area contributed by atoms with E-state index >= 15 is 0 Å². The molecule has 2 N–H and O–H groups in total. The monoisotopic (exact) mass is 195 g/mol. The molecule has 12 heavy (non-hydrogen) atoms. The summed E-state index contributed by atoms with van der Waals surface area (Å²) in [7, 11) is -3.88. The Kier molecular flexibility index (Phi) is 5.13. The highest BCUT2D eigenvalue weighted by atomic mass is 31.2. The molecule has 72 valence electrons. The van der Waals surface area contributed by atoms with Gasteiger partial charge in [-0.05, 0) is 6.42 Å². The molecule has 1 atom stereocenters. The molecule has 0 aliphatic rings. The third-order valence-electron chi connectivity index (χ3n) is 1.06. The van der Waals surface area contributed by atoms with Crippen LogP contribution in [0.1, 0.15) is 26.7 Å². The van der Waals surface area contributed by atoms with Crippen LogP contribution in [0.25, 0.3) is 0 Å². The van der Waals surface area contributed by atoms with E-state index in [2.05, 4.69) is 4.52 Å². The highest BCUT2D eigenvalue weighted by Gasteiger charge is 2.19. The van der Waals surface area contributed by atoms with Crippen LogP contribution in [0.4, 0.5) is 0 Å². The highest BCUT2D eigenvalue weighted by molar-refractivity contribution is 7.51. The first kappa shape index (κ1) is 11.6. The summed E-state index contributed by atoms with van der Waals surface area (Å²) >= 11 is 0. The molecule has 0 radical (unpaired) electrons. The van der Waals surface area contributed by atoms with E-state index in [1.165, 1.54) is 0 Å². The van der Waals surface area contributed by atoms with Gasteiger partial charge in [0.1, 0.15) is 0 Å². The largest absolute Gasteiger partial charge is 0.432 e. The highest BCUT2D eigenvalue weighted by Crippen LogP contribution is 2.36. The Labute approximate surface area is 71.7 Å². The second-order valence-electron chi connectivity index (χ2n) is 2.38. The number of hydrogen-bond donors (Lipinski definition) is 2. The lowest BCUT2D eigenvalue weighted by molar-refractivity contribution is -0.117. The normalized spacial score (nSPS) is 15.2. The van der Waals surface area contributed by atoms with Crippen LogP contribution >= 0.6 is 7.75 Å². The molecule has 0 saturated carbocycles. The van der Waals surface area contributed by atoms with Crippen molar-refractivity contribution in [1.29, 1.82) is 0 Å². The van der Waals surface area contributed by atoms with Crippen LogP contribution in [-0.2, 0) is 13.9 Å². The van der Waals surface area contributed by atoms with Gasteiger partial charge in [0.05, 0.1) is 6.61 Å². The lowest BCUT2D eigenvalue weighted by Crippen LogP contribution is -2.17. The third-order valence-corrected chi connectivity index (χ3v) is 2.19. The van der Waals surface area contributed by atoms with Gasteiger partial charge in [0.15, 0.2) is 0 Å². The minimum atomic E-state index is -3.88. The van der Waals surface area contributed by atoms with Crippen molar-refractivity contribution in [3.8, 4) is 0 Å². The van der Waals surface area contributed by atoms with Crippen LogP contribution < -0.4 is 5.09 Å². The topological polar surface area (TPSA) is 75.6 Å². The second kappa shape index (κ2) is 5.30. The van der Waals surface area contributed by atoms with E-state index in [1.807, 2.05) is 12.0 Å². The van der Waals surface area contributed by atoms with Gasteiger partial charge in [-0.3, -0.25) is 14.4 Å². The van der Waals surface area contributed by atoms with Gasteiger partial charge in [0, 0.05) is 6.92 Å². The van der Waals surface area contributed by atoms with E-state index in [0.717, 1.165) is 13.3 Å². The molecule has 0 heterocycles. The van der Waals surface area contributed by atoms with Gasteiger partial charge >= 0.3 is 7.75 Å². The molecular weight excluding hydrogens is 181 g/mol. The van der Waals surface area contributed by atoms with Crippen LogP contribution in [0.3, 0.4) is 0 Å². The zero-order valence-electron chi connectivity index (χ0n) is 7.24. The minimum Gasteiger partial charge on any atom is -0.308 e. The van der Waals surface area contributed by atoms with E-state index in [-0.39, 0.29) is 6.61 Å². The molecule has 0 bridgehead atoms. The van der Waals surface area contributed by atoms with Crippen molar-refractivity contribution in [2.75, 3.05) is 6.61 Å². The Morgan fingerprint density at radius 1 is 1.67 bits per heavy atom. The van der Waals surface area contributed by atoms with E-state index in [4.69, 9.17) is 4.89 Å². The van der Waals surface area contributed by atoms with Crippen molar-refractivity contribution in [1.82, 2.24) is 5.09 Å². The van der Waals surface area contributed by atoms with Gasteiger partial charge < -0.3 is 4.89 Å². The van der Waals surface area contributed by atoms with Gasteiger partial charge in [0.2, 0.25) is 5.91 Å². The van der Waals surface area contributed by atoms with Crippen molar-refractivity contribution >= 4 is 13.7 Å². The molecule has 0 fully saturated rings. The molecule has 0 aromatic heterocycles. The van der Waals surface area contributed by atoms with E-state index < -0.39 is 13.7 Å². The van der Waals surface area contributed by atoms with Gasteiger partial charge in [0.25, 0.3) is 0 Å². The van der Waals surface area contributed by atoms with Crippen molar-refractivity contribution in [2.24, 2.45) is 0 Å². The van der Waals surface area contributed by atoms with Gasteiger partial charge in [-0.15, -0.1) is 0 Å². The van der Waals surface area contributed by atoms with Crippen LogP contribution in [0, 0.1) is 0 Å². The Hall–Kier alpha value is -0.380. The average Bonchev–Trinajstić information content (AvgIpc) is 1.84. The Morgan fingerprint density at radius 2 is 2.25 bits per heavy atom. The first-order valence-electron chi connectivity index (χ1n) is 3.74. The zero-order chi connectivity index (χ0) is 9.61. The number of amides is 1. The van der Waals surface area contributed by atoms with Gasteiger partial charge in [-0.25, -0.2) is 4.57 Å². The Bertz CT molecular complexity index is 194. The van der Waals surface area contributed by atoms with E-state index in [0.29, 0.717) is 6.42 Å². The van der Waals surface area contributed by atoms with Crippen LogP contribution in [0.2, 0.25) is 0 Å². The van der Waals surface area contributed by atoms with E-state index in [1.54, 1.807) is 0 Å². The van der Waals surface area contributed by atoms with Crippen LogP contribution in [0.15, 0.2) is 0 Å². The molecule has 1 unspecified atom stereocenters. The first-order chi connectivity index (χ1) is 5.48. The molecule has 0 rings (SSSR count). The fourth-order valence-corrected chi connectivity index (χ4v) is 1.40. The molecule has 0 saturated heterocycles. The second-order valence-corrected chi connectivity index (χ2v) is 3.90. The number of carbonyl (C=O) groups excluding carboxylic acids is 1. The first-order valence-corrected chi connectivity index (χ1v) is 5.32. The molecule has 0 aromatic rings. The number of carbonyl (C=O) groups is 1. The maximum atomic E-state index is 10.9. The molecule has 0 aromatic carbocycles. The minimum absolute atomic E-state index is 0.185. The fourth-order valence-electron chi connectivity index (χ4n) is 0.564. The molecule has 6 heteroatoms. The molecule has 0 spiro atoms. The predicted molar refractivity (Wildman–Crippen MR) is 44.5 cm³/mol. The third kappa shape index (κ3) is 6.34. The van der Waals surface area contributed by atoms with Crippen LogP contribution in [0.5, 0.6) is 0 Å². The summed E-state index contributed by atoms with van der Waals surface area (Å²) in [4.78, 5) is 19.3. The van der Waals surface area contributed by atoms with Crippen molar-refractivity contribution < 1.29 is 18.8 Å². The summed E-state index contributed by atoms with van der Waals surface area (Å²) in [6.07, 6.45) is 1.57. The zero-order valence-corrected chi connectivity index (χ0v) is 8.13. The number of rotatable bonds is 5. The molecule has 5 nitrogen and oxygen atoms in total. The van der Waals surface area contributed by atoms with Crippen molar-refractivity contribution in [2.45, 2.75) is 26.7 Å². The van der Waals surface area contributed by atoms with Crippen molar-refractivity contribution in [3.05, 3.63) is 0 Å². The summed E-state index contributed by atoms with van der Waals surface area (Å²) in [6, 6.07) is 0. The van der Waals surface area contributed by atoms with Gasteiger partial charge in [-0.1, -0.05) is 13.3 Å². The molecule has 1 amide bonds. The van der Waals surface area contributed by atoms with Crippen molar-refractivity contribution in [3.63, 3.8) is 0 Å². The summed E-state index contributed by atoms with van der Waals surface area (Å²) in [5.41, 5.74) is 0. The summed E-state index contributed by atoms with van der Waals surface area (Å²) in [5.74, 6) is -0.572. The maximum Gasteiger partial charge on any atom is 0.432 e. The van der Waals surface area contributed by atoms with E-state index in [9.17, 15) is 9.36 Å². The standard InChI is InChI=1S/C6H14NO4P/c1-3-4-5-11-12(9,10)7-6(2)8/h3-5H2,1-2H3,(H2,7,8,9,10). The summed E-state index contributed by atoms with van der Waals surface area (Å²) < 4.78 is 15.5. The number of unbranched alkanes of at least 4 members (excludes halogenated alkanes) is 1. The smallest absolute Gasteiger partial charge is 0.308 e. The Morgan fingerprint density at radius 3 is 2.67 bits per heavy atom. The lowest BCUT2D eigenvalue weighted by atomic mass is 10.4. The Balaban J connectivity index is 3.72.